The molecule has 1 saturated carbocycles. The largest absolute Gasteiger partial charge is 0.368 e. The number of hydrogen-bond acceptors (Lipinski definition) is 3. The van der Waals surface area contributed by atoms with Gasteiger partial charge in [0.05, 0.1) is 11.4 Å². The van der Waals surface area contributed by atoms with Crippen LogP contribution in [0.25, 0.3) is 11.8 Å². The zero-order chi connectivity index (χ0) is 26.3. The lowest BCUT2D eigenvalue weighted by Crippen LogP contribution is -2.33. The molecule has 1 N–H and O–H groups in total. The van der Waals surface area contributed by atoms with Crippen LogP contribution in [0.5, 0.6) is 0 Å². The van der Waals surface area contributed by atoms with Crippen LogP contribution in [0.15, 0.2) is 54.9 Å². The number of benzene rings is 2. The molecular weight excluding hydrogens is 469 g/mol. The number of unbranched alkanes of at least 4 members (excludes halogenated alkanes) is 3. The molecule has 0 bridgehead atoms. The Morgan fingerprint density at radius 3 is 2.71 bits per heavy atom. The molecular formula is C34H44FN3. The number of fused-ring (bicyclic) bond motifs is 1. The average Bonchev–Trinajstić information content (AvgIpc) is 3.63. The van der Waals surface area contributed by atoms with E-state index in [0.717, 1.165) is 55.3 Å². The van der Waals surface area contributed by atoms with Crippen LogP contribution in [0.4, 0.5) is 15.8 Å². The number of halogens is 1. The molecule has 3 aliphatic rings. The van der Waals surface area contributed by atoms with Gasteiger partial charge in [0.15, 0.2) is 0 Å². The van der Waals surface area contributed by atoms with Gasteiger partial charge in [0, 0.05) is 42.6 Å². The molecule has 2 heterocycles. The van der Waals surface area contributed by atoms with Crippen LogP contribution < -0.4 is 15.1 Å². The van der Waals surface area contributed by atoms with Gasteiger partial charge in [-0.3, -0.25) is 0 Å². The van der Waals surface area contributed by atoms with Crippen molar-refractivity contribution >= 4 is 23.1 Å². The van der Waals surface area contributed by atoms with Gasteiger partial charge in [-0.25, -0.2) is 4.39 Å². The summed E-state index contributed by atoms with van der Waals surface area (Å²) in [7, 11) is 0. The fraction of sp³-hybridized carbons (Fsp3) is 0.500. The minimum Gasteiger partial charge on any atom is -0.368 e. The summed E-state index contributed by atoms with van der Waals surface area (Å²) in [5, 5.41) is 3.67. The molecule has 38 heavy (non-hydrogen) atoms. The van der Waals surface area contributed by atoms with Crippen LogP contribution in [-0.4, -0.2) is 25.7 Å². The van der Waals surface area contributed by atoms with Crippen LogP contribution >= 0.6 is 0 Å². The van der Waals surface area contributed by atoms with Crippen molar-refractivity contribution in [2.45, 2.75) is 83.6 Å². The quantitative estimate of drug-likeness (QED) is 0.241. The Kier molecular flexibility index (Phi) is 9.04. The topological polar surface area (TPSA) is 18.5 Å². The minimum absolute atomic E-state index is 0.170. The summed E-state index contributed by atoms with van der Waals surface area (Å²) in [6.45, 7) is 9.03. The van der Waals surface area contributed by atoms with E-state index in [1.54, 1.807) is 6.07 Å². The molecule has 202 valence electrons. The van der Waals surface area contributed by atoms with E-state index in [9.17, 15) is 0 Å². The second-order valence-electron chi connectivity index (χ2n) is 11.4. The Bertz CT molecular complexity index is 1170. The Morgan fingerprint density at radius 1 is 1.05 bits per heavy atom. The summed E-state index contributed by atoms with van der Waals surface area (Å²) in [4.78, 5) is 4.19. The third-order valence-electron chi connectivity index (χ3n) is 8.70. The first-order chi connectivity index (χ1) is 18.7. The van der Waals surface area contributed by atoms with Crippen LogP contribution in [0, 0.1) is 11.7 Å². The number of hydrogen-bond donors (Lipinski definition) is 1. The van der Waals surface area contributed by atoms with Crippen molar-refractivity contribution in [3.05, 3.63) is 77.4 Å². The maximum atomic E-state index is 15.4. The second kappa shape index (κ2) is 12.8. The molecule has 2 fully saturated rings. The minimum atomic E-state index is -0.170. The van der Waals surface area contributed by atoms with Crippen molar-refractivity contribution in [1.29, 1.82) is 0 Å². The molecule has 4 heteroatoms. The summed E-state index contributed by atoms with van der Waals surface area (Å²) in [6, 6.07) is 12.8. The molecule has 3 nitrogen and oxygen atoms in total. The molecule has 1 saturated heterocycles. The summed E-state index contributed by atoms with van der Waals surface area (Å²) in [5.74, 6) is 0.729. The van der Waals surface area contributed by atoms with E-state index in [0.29, 0.717) is 11.7 Å². The second-order valence-corrected chi connectivity index (χ2v) is 11.4. The number of aryl methyl sites for hydroxylation is 1. The maximum Gasteiger partial charge on any atom is 0.148 e. The Hall–Kier alpha value is -2.81. The summed E-state index contributed by atoms with van der Waals surface area (Å²) in [5.41, 5.74) is 9.20. The maximum absolute atomic E-state index is 15.4. The predicted molar refractivity (Wildman–Crippen MR) is 160 cm³/mol. The van der Waals surface area contributed by atoms with Gasteiger partial charge in [0.25, 0.3) is 0 Å². The smallest absolute Gasteiger partial charge is 0.148 e. The zero-order valence-electron chi connectivity index (χ0n) is 23.2. The van der Waals surface area contributed by atoms with Gasteiger partial charge >= 0.3 is 0 Å². The first-order valence-electron chi connectivity index (χ1n) is 14.9. The number of anilines is 2. The standard InChI is InChI=1S/C34H44FN3/c1-3-5-6-9-20-36-29-19-21-37(25-29)34-17-15-30(24-32(34)35)38-22-18-28-23-27(13-12-26-10-7-8-11-26)14-16-31(28)33(38)4-2/h14-18,22-24,26,29,36H,2-3,5-13,19-21,25H2,1H3. The van der Waals surface area contributed by atoms with Crippen molar-refractivity contribution < 1.29 is 4.39 Å². The molecule has 0 radical (unpaired) electrons. The Labute approximate surface area is 229 Å². The van der Waals surface area contributed by atoms with Crippen molar-refractivity contribution in [2.24, 2.45) is 5.92 Å². The molecule has 0 amide bonds. The highest BCUT2D eigenvalue weighted by Crippen LogP contribution is 2.36. The van der Waals surface area contributed by atoms with Crippen LogP contribution in [0.1, 0.15) is 87.8 Å². The highest BCUT2D eigenvalue weighted by atomic mass is 19.1. The molecule has 0 spiro atoms. The van der Waals surface area contributed by atoms with Crippen molar-refractivity contribution in [3.63, 3.8) is 0 Å². The van der Waals surface area contributed by atoms with E-state index in [1.165, 1.54) is 68.9 Å². The lowest BCUT2D eigenvalue weighted by atomic mass is 9.93. The Morgan fingerprint density at radius 2 is 1.92 bits per heavy atom. The average molecular weight is 514 g/mol. The number of nitrogens with one attached hydrogen (secondary N) is 1. The van der Waals surface area contributed by atoms with E-state index in [-0.39, 0.29) is 5.82 Å². The lowest BCUT2D eigenvalue weighted by molar-refractivity contribution is 0.504. The van der Waals surface area contributed by atoms with Gasteiger partial charge in [0.2, 0.25) is 0 Å². The van der Waals surface area contributed by atoms with Gasteiger partial charge in [-0.05, 0) is 67.5 Å². The van der Waals surface area contributed by atoms with Crippen LogP contribution in [0.2, 0.25) is 0 Å². The van der Waals surface area contributed by atoms with E-state index in [1.807, 2.05) is 23.2 Å². The van der Waals surface area contributed by atoms with Gasteiger partial charge in [0.1, 0.15) is 5.82 Å². The first kappa shape index (κ1) is 26.8. The van der Waals surface area contributed by atoms with E-state index >= 15 is 4.39 Å². The van der Waals surface area contributed by atoms with Crippen LogP contribution in [0.3, 0.4) is 0 Å². The highest BCUT2D eigenvalue weighted by molar-refractivity contribution is 5.89. The van der Waals surface area contributed by atoms with Crippen molar-refractivity contribution in [2.75, 3.05) is 29.4 Å². The van der Waals surface area contributed by atoms with Gasteiger partial charge in [-0.15, -0.1) is 5.73 Å². The van der Waals surface area contributed by atoms with E-state index < -0.39 is 0 Å². The summed E-state index contributed by atoms with van der Waals surface area (Å²) in [6.07, 6.45) is 18.3. The van der Waals surface area contributed by atoms with Gasteiger partial charge in [-0.1, -0.05) is 76.6 Å². The first-order valence-corrected chi connectivity index (χ1v) is 14.9. The van der Waals surface area contributed by atoms with E-state index in [4.69, 9.17) is 0 Å². The molecule has 2 aromatic carbocycles. The molecule has 1 unspecified atom stereocenters. The predicted octanol–water partition coefficient (Wildman–Crippen LogP) is 8.31. The fourth-order valence-electron chi connectivity index (χ4n) is 6.45. The summed E-state index contributed by atoms with van der Waals surface area (Å²) >= 11 is 0. The number of nitrogens with zero attached hydrogens (tertiary/aromatic N) is 2. The molecule has 1 aliphatic carbocycles. The Balaban J connectivity index is 1.23. The highest BCUT2D eigenvalue weighted by Gasteiger charge is 2.25. The molecule has 5 rings (SSSR count). The van der Waals surface area contributed by atoms with Crippen molar-refractivity contribution in [3.8, 4) is 0 Å². The van der Waals surface area contributed by atoms with E-state index in [2.05, 4.69) is 53.7 Å². The molecule has 1 atom stereocenters. The van der Waals surface area contributed by atoms with Crippen molar-refractivity contribution in [1.82, 2.24) is 5.32 Å². The normalized spacial score (nSPS) is 19.3. The monoisotopic (exact) mass is 513 g/mol. The lowest BCUT2D eigenvalue weighted by Gasteiger charge is -2.28. The van der Waals surface area contributed by atoms with Crippen LogP contribution in [-0.2, 0) is 6.42 Å². The summed E-state index contributed by atoms with van der Waals surface area (Å²) < 4.78 is 15.4. The number of rotatable bonds is 11. The third kappa shape index (κ3) is 6.25. The zero-order valence-corrected chi connectivity index (χ0v) is 23.2. The molecule has 2 aliphatic heterocycles. The van der Waals surface area contributed by atoms with Gasteiger partial charge in [-0.2, -0.15) is 0 Å². The third-order valence-corrected chi connectivity index (χ3v) is 8.70. The fourth-order valence-corrected chi connectivity index (χ4v) is 6.45. The molecule has 2 aromatic rings. The van der Waals surface area contributed by atoms with Gasteiger partial charge < -0.3 is 15.1 Å². The molecule has 0 aromatic heterocycles. The SMILES string of the molecule is C=C=C1c2ccc(CCC3CCCC3)cc2C=CN1c1ccc(N2CCC(NCCCCCC)C2)c(F)c1.